The van der Waals surface area contributed by atoms with Crippen LogP contribution in [0.25, 0.3) is 0 Å². The van der Waals surface area contributed by atoms with E-state index in [1.807, 2.05) is 26.0 Å². The standard InChI is InChI=1S/C16H20BrNO3/c1-10-9-11(17)6-7-12(10)14(19)18-16(2)8-4-3-5-13(16)15(20)21/h6-7,9,13H,3-5,8H2,1-2H3,(H,18,19)(H,20,21). The summed E-state index contributed by atoms with van der Waals surface area (Å²) in [5.74, 6) is -1.55. The molecule has 0 saturated heterocycles. The molecule has 2 atom stereocenters. The van der Waals surface area contributed by atoms with Crippen molar-refractivity contribution < 1.29 is 14.7 Å². The first-order valence-corrected chi connectivity index (χ1v) is 7.94. The maximum atomic E-state index is 12.5. The van der Waals surface area contributed by atoms with Crippen molar-refractivity contribution in [2.24, 2.45) is 5.92 Å². The Hall–Kier alpha value is -1.36. The number of hydrogen-bond donors (Lipinski definition) is 2. The van der Waals surface area contributed by atoms with Gasteiger partial charge in [-0.05, 0) is 50.5 Å². The number of hydrogen-bond acceptors (Lipinski definition) is 2. The fraction of sp³-hybridized carbons (Fsp3) is 0.500. The zero-order valence-corrected chi connectivity index (χ0v) is 13.9. The first-order valence-electron chi connectivity index (χ1n) is 7.15. The Morgan fingerprint density at radius 1 is 1.38 bits per heavy atom. The minimum Gasteiger partial charge on any atom is -0.481 e. The van der Waals surface area contributed by atoms with Gasteiger partial charge in [-0.1, -0.05) is 28.8 Å². The summed E-state index contributed by atoms with van der Waals surface area (Å²) < 4.78 is 0.920. The molecule has 0 spiro atoms. The highest BCUT2D eigenvalue weighted by Crippen LogP contribution is 2.34. The second-order valence-corrected chi connectivity index (χ2v) is 6.88. The summed E-state index contributed by atoms with van der Waals surface area (Å²) in [5, 5.41) is 12.4. The van der Waals surface area contributed by atoms with Crippen LogP contribution in [-0.2, 0) is 4.79 Å². The number of halogens is 1. The number of aryl methyl sites for hydroxylation is 1. The Balaban J connectivity index is 2.22. The van der Waals surface area contributed by atoms with Crippen LogP contribution in [0.15, 0.2) is 22.7 Å². The van der Waals surface area contributed by atoms with Crippen molar-refractivity contribution in [3.05, 3.63) is 33.8 Å². The van der Waals surface area contributed by atoms with Gasteiger partial charge < -0.3 is 10.4 Å². The molecule has 1 saturated carbocycles. The number of carboxylic acid groups (broad SMARTS) is 1. The lowest BCUT2D eigenvalue weighted by atomic mass is 9.73. The molecule has 0 radical (unpaired) electrons. The molecule has 1 amide bonds. The lowest BCUT2D eigenvalue weighted by Gasteiger charge is -2.40. The monoisotopic (exact) mass is 353 g/mol. The van der Waals surface area contributed by atoms with Crippen molar-refractivity contribution >= 4 is 27.8 Å². The molecule has 0 aliphatic heterocycles. The second kappa shape index (κ2) is 6.18. The lowest BCUT2D eigenvalue weighted by molar-refractivity contribution is -0.145. The number of carboxylic acids is 1. The van der Waals surface area contributed by atoms with E-state index in [4.69, 9.17) is 0 Å². The van der Waals surface area contributed by atoms with Crippen LogP contribution in [-0.4, -0.2) is 22.5 Å². The van der Waals surface area contributed by atoms with Crippen molar-refractivity contribution in [2.75, 3.05) is 0 Å². The fourth-order valence-electron chi connectivity index (χ4n) is 3.09. The van der Waals surface area contributed by atoms with Gasteiger partial charge in [-0.25, -0.2) is 0 Å². The van der Waals surface area contributed by atoms with Crippen LogP contribution in [0.4, 0.5) is 0 Å². The quantitative estimate of drug-likeness (QED) is 0.873. The number of rotatable bonds is 3. The Morgan fingerprint density at radius 2 is 2.10 bits per heavy atom. The van der Waals surface area contributed by atoms with E-state index in [2.05, 4.69) is 21.2 Å². The van der Waals surface area contributed by atoms with Crippen molar-refractivity contribution in [2.45, 2.75) is 45.1 Å². The van der Waals surface area contributed by atoms with Gasteiger partial charge >= 0.3 is 5.97 Å². The van der Waals surface area contributed by atoms with Gasteiger partial charge in [-0.2, -0.15) is 0 Å². The lowest BCUT2D eigenvalue weighted by Crippen LogP contribution is -2.55. The summed E-state index contributed by atoms with van der Waals surface area (Å²) in [7, 11) is 0. The Kier molecular flexibility index (Phi) is 4.71. The van der Waals surface area contributed by atoms with Gasteiger partial charge in [0.05, 0.1) is 11.5 Å². The Labute approximate surface area is 133 Å². The van der Waals surface area contributed by atoms with Gasteiger partial charge in [0.1, 0.15) is 0 Å². The SMILES string of the molecule is Cc1cc(Br)ccc1C(=O)NC1(C)CCCCC1C(=O)O. The number of carbonyl (C=O) groups excluding carboxylic acids is 1. The van der Waals surface area contributed by atoms with Gasteiger partial charge in [0.2, 0.25) is 0 Å². The van der Waals surface area contributed by atoms with E-state index >= 15 is 0 Å². The molecule has 2 N–H and O–H groups in total. The molecule has 21 heavy (non-hydrogen) atoms. The third kappa shape index (κ3) is 3.46. The van der Waals surface area contributed by atoms with Crippen molar-refractivity contribution in [3.63, 3.8) is 0 Å². The fourth-order valence-corrected chi connectivity index (χ4v) is 3.56. The smallest absolute Gasteiger partial charge is 0.308 e. The second-order valence-electron chi connectivity index (χ2n) is 5.97. The molecular formula is C16H20BrNO3. The van der Waals surface area contributed by atoms with Crippen LogP contribution in [0, 0.1) is 12.8 Å². The zero-order chi connectivity index (χ0) is 15.6. The van der Waals surface area contributed by atoms with E-state index in [9.17, 15) is 14.7 Å². The number of aliphatic carboxylic acids is 1. The average molecular weight is 354 g/mol. The molecule has 0 aromatic heterocycles. The molecule has 0 bridgehead atoms. The molecule has 5 heteroatoms. The predicted octanol–water partition coefficient (Wildman–Crippen LogP) is 3.52. The molecule has 114 valence electrons. The maximum absolute atomic E-state index is 12.5. The largest absolute Gasteiger partial charge is 0.481 e. The van der Waals surface area contributed by atoms with Crippen LogP contribution < -0.4 is 5.32 Å². The average Bonchev–Trinajstić information content (AvgIpc) is 2.37. The van der Waals surface area contributed by atoms with Gasteiger partial charge in [-0.15, -0.1) is 0 Å². The molecular weight excluding hydrogens is 334 g/mol. The van der Waals surface area contributed by atoms with Crippen LogP contribution in [0.1, 0.15) is 48.5 Å². The van der Waals surface area contributed by atoms with Gasteiger partial charge in [0, 0.05) is 10.0 Å². The molecule has 1 aliphatic rings. The molecule has 4 nitrogen and oxygen atoms in total. The molecule has 2 unspecified atom stereocenters. The van der Waals surface area contributed by atoms with E-state index in [0.717, 1.165) is 22.9 Å². The minimum atomic E-state index is -0.829. The highest BCUT2D eigenvalue weighted by Gasteiger charge is 2.42. The molecule has 1 aromatic rings. The van der Waals surface area contributed by atoms with Crippen LogP contribution >= 0.6 is 15.9 Å². The summed E-state index contributed by atoms with van der Waals surface area (Å²) >= 11 is 3.37. The first kappa shape index (κ1) is 16.0. The zero-order valence-electron chi connectivity index (χ0n) is 12.3. The molecule has 1 aliphatic carbocycles. The van der Waals surface area contributed by atoms with Crippen LogP contribution in [0.3, 0.4) is 0 Å². The summed E-state index contributed by atoms with van der Waals surface area (Å²) in [5.41, 5.74) is 0.781. The molecule has 0 heterocycles. The predicted molar refractivity (Wildman–Crippen MR) is 84.3 cm³/mol. The van der Waals surface area contributed by atoms with Crippen molar-refractivity contribution in [1.29, 1.82) is 0 Å². The topological polar surface area (TPSA) is 66.4 Å². The summed E-state index contributed by atoms with van der Waals surface area (Å²) in [6.45, 7) is 3.72. The summed E-state index contributed by atoms with van der Waals surface area (Å²) in [4.78, 5) is 23.9. The Morgan fingerprint density at radius 3 is 2.71 bits per heavy atom. The number of carbonyl (C=O) groups is 2. The number of benzene rings is 1. The minimum absolute atomic E-state index is 0.198. The maximum Gasteiger partial charge on any atom is 0.308 e. The van der Waals surface area contributed by atoms with E-state index in [-0.39, 0.29) is 5.91 Å². The van der Waals surface area contributed by atoms with E-state index in [1.54, 1.807) is 6.07 Å². The Bertz CT molecular complexity index is 573. The number of amides is 1. The molecule has 1 fully saturated rings. The molecule has 1 aromatic carbocycles. The third-order valence-corrected chi connectivity index (χ3v) is 4.83. The summed E-state index contributed by atoms with van der Waals surface area (Å²) in [6, 6.07) is 5.46. The third-order valence-electron chi connectivity index (χ3n) is 4.34. The summed E-state index contributed by atoms with van der Waals surface area (Å²) in [6.07, 6.45) is 3.16. The molecule has 2 rings (SSSR count). The van der Waals surface area contributed by atoms with Gasteiger partial charge in [0.15, 0.2) is 0 Å². The highest BCUT2D eigenvalue weighted by molar-refractivity contribution is 9.10. The first-order chi connectivity index (χ1) is 9.83. The van der Waals surface area contributed by atoms with Gasteiger partial charge in [0.25, 0.3) is 5.91 Å². The van der Waals surface area contributed by atoms with Crippen molar-refractivity contribution in [1.82, 2.24) is 5.32 Å². The van der Waals surface area contributed by atoms with Crippen molar-refractivity contribution in [3.8, 4) is 0 Å². The van der Waals surface area contributed by atoms with E-state index in [1.165, 1.54) is 0 Å². The van der Waals surface area contributed by atoms with E-state index < -0.39 is 17.4 Å². The van der Waals surface area contributed by atoms with E-state index in [0.29, 0.717) is 18.4 Å². The number of nitrogens with one attached hydrogen (secondary N) is 1. The van der Waals surface area contributed by atoms with Crippen LogP contribution in [0.2, 0.25) is 0 Å². The van der Waals surface area contributed by atoms with Gasteiger partial charge in [-0.3, -0.25) is 9.59 Å². The van der Waals surface area contributed by atoms with Crippen LogP contribution in [0.5, 0.6) is 0 Å². The normalized spacial score (nSPS) is 25.4. The highest BCUT2D eigenvalue weighted by atomic mass is 79.9.